The van der Waals surface area contributed by atoms with Crippen molar-refractivity contribution in [3.63, 3.8) is 0 Å². The molecule has 0 aliphatic heterocycles. The molecule has 0 saturated carbocycles. The summed E-state index contributed by atoms with van der Waals surface area (Å²) in [6.07, 6.45) is 4.31. The third-order valence-corrected chi connectivity index (χ3v) is 5.60. The van der Waals surface area contributed by atoms with Crippen LogP contribution in [0.1, 0.15) is 22.5 Å². The number of aliphatic imine (C=N–C) groups is 1. The van der Waals surface area contributed by atoms with Gasteiger partial charge in [-0.2, -0.15) is 0 Å². The Labute approximate surface area is 198 Å². The highest BCUT2D eigenvalue weighted by atomic mass is 79.9. The van der Waals surface area contributed by atoms with Crippen molar-refractivity contribution < 1.29 is 0 Å². The molecular weight excluding hydrogens is 503 g/mol. The number of halogens is 3. The molecule has 0 atom stereocenters. The van der Waals surface area contributed by atoms with Crippen LogP contribution in [0.5, 0.6) is 0 Å². The summed E-state index contributed by atoms with van der Waals surface area (Å²) in [5, 5.41) is 1.17. The summed E-state index contributed by atoms with van der Waals surface area (Å²) in [5.74, 6) is 1.00. The van der Waals surface area contributed by atoms with Crippen molar-refractivity contribution in [2.45, 2.75) is 12.8 Å². The van der Waals surface area contributed by atoms with Crippen LogP contribution in [0.4, 0.5) is 5.82 Å². The van der Waals surface area contributed by atoms with Gasteiger partial charge in [-0.15, -0.1) is 0 Å². The maximum absolute atomic E-state index is 12.9. The molecule has 0 aliphatic rings. The van der Waals surface area contributed by atoms with Crippen molar-refractivity contribution in [1.29, 1.82) is 0 Å². The van der Waals surface area contributed by atoms with Gasteiger partial charge in [0, 0.05) is 54.0 Å². The predicted molar refractivity (Wildman–Crippen MR) is 129 cm³/mol. The van der Waals surface area contributed by atoms with Crippen molar-refractivity contribution >= 4 is 50.8 Å². The van der Waals surface area contributed by atoms with Crippen LogP contribution in [-0.4, -0.2) is 46.3 Å². The van der Waals surface area contributed by atoms with Gasteiger partial charge < -0.3 is 15.6 Å². The molecular formula is C21H21BrCl2N6O. The molecule has 31 heavy (non-hydrogen) atoms. The minimum Gasteiger partial charge on any atom is -0.383 e. The molecule has 0 unspecified atom stereocenters. The Bertz CT molecular complexity index is 1160. The summed E-state index contributed by atoms with van der Waals surface area (Å²) in [5.41, 5.74) is 7.75. The number of nitrogens with two attached hydrogens (primary N) is 1. The van der Waals surface area contributed by atoms with E-state index in [1.807, 2.05) is 6.07 Å². The number of H-pyrrole nitrogens is 1. The SMILES string of the molecule is CN(C)C(=NCCc1c(Cl)cccc1Cl)c1c(N)nc(Cc2cncc(Br)c2)[nH]c1=O. The molecule has 3 N–H and O–H groups in total. The fourth-order valence-electron chi connectivity index (χ4n) is 3.07. The number of hydrogen-bond acceptors (Lipinski definition) is 5. The maximum atomic E-state index is 12.9. The zero-order chi connectivity index (χ0) is 22.5. The Morgan fingerprint density at radius 1 is 1.26 bits per heavy atom. The second-order valence-corrected chi connectivity index (χ2v) is 8.74. The fraction of sp³-hybridized carbons (Fsp3) is 0.238. The van der Waals surface area contributed by atoms with E-state index < -0.39 is 0 Å². The van der Waals surface area contributed by atoms with Crippen LogP contribution in [0.15, 0.2) is 50.9 Å². The first kappa shape index (κ1) is 23.2. The Balaban J connectivity index is 1.87. The largest absolute Gasteiger partial charge is 0.383 e. The lowest BCUT2D eigenvalue weighted by Gasteiger charge is -2.17. The van der Waals surface area contributed by atoms with Crippen molar-refractivity contribution in [3.05, 3.63) is 84.0 Å². The Morgan fingerprint density at radius 3 is 2.58 bits per heavy atom. The predicted octanol–water partition coefficient (Wildman–Crippen LogP) is 3.96. The quantitative estimate of drug-likeness (QED) is 0.376. The molecule has 2 heterocycles. The fourth-order valence-corrected chi connectivity index (χ4v) is 4.07. The smallest absolute Gasteiger partial charge is 0.264 e. The van der Waals surface area contributed by atoms with Gasteiger partial charge in [0.05, 0.1) is 0 Å². The van der Waals surface area contributed by atoms with E-state index in [0.717, 1.165) is 15.6 Å². The van der Waals surface area contributed by atoms with Crippen LogP contribution in [-0.2, 0) is 12.8 Å². The summed E-state index contributed by atoms with van der Waals surface area (Å²) >= 11 is 15.8. The van der Waals surface area contributed by atoms with Crippen LogP contribution in [0.25, 0.3) is 0 Å². The minimum absolute atomic E-state index is 0.116. The molecule has 0 fully saturated rings. The van der Waals surface area contributed by atoms with Gasteiger partial charge in [0.2, 0.25) is 0 Å². The molecule has 0 radical (unpaired) electrons. The molecule has 3 aromatic rings. The zero-order valence-electron chi connectivity index (χ0n) is 17.0. The van der Waals surface area contributed by atoms with Gasteiger partial charge in [-0.1, -0.05) is 29.3 Å². The second-order valence-electron chi connectivity index (χ2n) is 7.01. The van der Waals surface area contributed by atoms with E-state index >= 15 is 0 Å². The number of anilines is 1. The van der Waals surface area contributed by atoms with E-state index in [4.69, 9.17) is 28.9 Å². The lowest BCUT2D eigenvalue weighted by atomic mass is 10.1. The molecule has 0 aliphatic carbocycles. The third-order valence-electron chi connectivity index (χ3n) is 4.46. The molecule has 7 nitrogen and oxygen atoms in total. The van der Waals surface area contributed by atoms with Crippen LogP contribution in [0.2, 0.25) is 10.0 Å². The number of benzene rings is 1. The van der Waals surface area contributed by atoms with Gasteiger partial charge in [-0.3, -0.25) is 14.8 Å². The van der Waals surface area contributed by atoms with Gasteiger partial charge >= 0.3 is 0 Å². The summed E-state index contributed by atoms with van der Waals surface area (Å²) in [6.45, 7) is 0.376. The monoisotopic (exact) mass is 522 g/mol. The summed E-state index contributed by atoms with van der Waals surface area (Å²) in [6, 6.07) is 7.26. The lowest BCUT2D eigenvalue weighted by Crippen LogP contribution is -2.32. The summed E-state index contributed by atoms with van der Waals surface area (Å²) in [4.78, 5) is 30.5. The van der Waals surface area contributed by atoms with Crippen molar-refractivity contribution in [3.8, 4) is 0 Å². The number of pyridine rings is 1. The van der Waals surface area contributed by atoms with Crippen LogP contribution >= 0.6 is 39.1 Å². The number of nitrogens with zero attached hydrogens (tertiary/aromatic N) is 4. The van der Waals surface area contributed by atoms with Crippen molar-refractivity contribution in [2.75, 3.05) is 26.4 Å². The van der Waals surface area contributed by atoms with Gasteiger partial charge in [0.25, 0.3) is 5.56 Å². The lowest BCUT2D eigenvalue weighted by molar-refractivity contribution is 0.617. The number of aromatic amines is 1. The number of aromatic nitrogens is 3. The average Bonchev–Trinajstić information content (AvgIpc) is 2.68. The van der Waals surface area contributed by atoms with Gasteiger partial charge in [-0.05, 0) is 51.7 Å². The summed E-state index contributed by atoms with van der Waals surface area (Å²) in [7, 11) is 3.59. The average molecular weight is 524 g/mol. The molecule has 0 saturated heterocycles. The normalized spacial score (nSPS) is 11.6. The first-order valence-corrected chi connectivity index (χ1v) is 10.9. The van der Waals surface area contributed by atoms with E-state index in [9.17, 15) is 4.79 Å². The first-order chi connectivity index (χ1) is 14.8. The van der Waals surface area contributed by atoms with E-state index in [-0.39, 0.29) is 16.9 Å². The van der Waals surface area contributed by atoms with Crippen LogP contribution in [0, 0.1) is 0 Å². The number of rotatable bonds is 6. The molecule has 0 amide bonds. The van der Waals surface area contributed by atoms with E-state index in [1.54, 1.807) is 49.6 Å². The van der Waals surface area contributed by atoms with Crippen LogP contribution in [0.3, 0.4) is 0 Å². The molecule has 0 spiro atoms. The van der Waals surface area contributed by atoms with Gasteiger partial charge in [0.1, 0.15) is 23.0 Å². The number of nitrogen functional groups attached to an aromatic ring is 1. The Morgan fingerprint density at radius 2 is 1.97 bits per heavy atom. The van der Waals surface area contributed by atoms with Gasteiger partial charge in [0.15, 0.2) is 0 Å². The Kier molecular flexibility index (Phi) is 7.69. The third kappa shape index (κ3) is 5.84. The number of amidine groups is 1. The highest BCUT2D eigenvalue weighted by Gasteiger charge is 2.18. The topological polar surface area (TPSA) is 100 Å². The second kappa shape index (κ2) is 10.3. The number of nitrogens with one attached hydrogen (secondary N) is 1. The maximum Gasteiger partial charge on any atom is 0.264 e. The van der Waals surface area contributed by atoms with Crippen molar-refractivity contribution in [1.82, 2.24) is 19.9 Å². The minimum atomic E-state index is -0.353. The Hall–Kier alpha value is -2.42. The van der Waals surface area contributed by atoms with Crippen molar-refractivity contribution in [2.24, 2.45) is 4.99 Å². The van der Waals surface area contributed by atoms with E-state index in [0.29, 0.717) is 41.1 Å². The summed E-state index contributed by atoms with van der Waals surface area (Å²) < 4.78 is 0.845. The standard InChI is InChI=1S/C21H21BrCl2N6O/c1-30(2)20(27-7-6-14-15(23)4-3-5-16(14)24)18-19(25)28-17(29-21(18)31)9-12-8-13(22)11-26-10-12/h3-5,8,10-11H,6-7,9H2,1-2H3,(H3,25,28,29,31). The zero-order valence-corrected chi connectivity index (χ0v) is 20.1. The van der Waals surface area contributed by atoms with E-state index in [2.05, 4.69) is 35.9 Å². The molecule has 3 rings (SSSR count). The molecule has 162 valence electrons. The molecule has 0 bridgehead atoms. The highest BCUT2D eigenvalue weighted by molar-refractivity contribution is 9.10. The van der Waals surface area contributed by atoms with Crippen LogP contribution < -0.4 is 11.3 Å². The first-order valence-electron chi connectivity index (χ1n) is 9.39. The van der Waals surface area contributed by atoms with Gasteiger partial charge in [-0.25, -0.2) is 4.98 Å². The molecule has 10 heteroatoms. The molecule has 1 aromatic carbocycles. The van der Waals surface area contributed by atoms with E-state index in [1.165, 1.54) is 0 Å². The number of hydrogen-bond donors (Lipinski definition) is 2. The highest BCUT2D eigenvalue weighted by Crippen LogP contribution is 2.24. The molecule has 2 aromatic heterocycles.